The summed E-state index contributed by atoms with van der Waals surface area (Å²) in [7, 11) is 0. The van der Waals surface area contributed by atoms with Crippen molar-refractivity contribution in [3.8, 4) is 0 Å². The van der Waals surface area contributed by atoms with Crippen molar-refractivity contribution in [2.75, 3.05) is 6.54 Å². The molecule has 5 nitrogen and oxygen atoms in total. The van der Waals surface area contributed by atoms with E-state index in [9.17, 15) is 0 Å². The van der Waals surface area contributed by atoms with Crippen molar-refractivity contribution < 1.29 is 9.62 Å². The molecule has 0 unspecified atom stereocenters. The van der Waals surface area contributed by atoms with Gasteiger partial charge in [0, 0.05) is 5.41 Å². The van der Waals surface area contributed by atoms with Crippen LogP contribution in [0.1, 0.15) is 45.4 Å². The Labute approximate surface area is 108 Å². The number of nitrogens with one attached hydrogen (secondary N) is 1. The lowest BCUT2D eigenvalue weighted by atomic mass is 9.86. The van der Waals surface area contributed by atoms with Crippen LogP contribution in [0.25, 0.3) is 0 Å². The molecule has 0 amide bonds. The standard InChI is InChI=1S/C13H23N3O2/c1-10(11-6-4-9-18-11)15-8-5-7-13(2,3)12(14)16-17/h4,6,9-10,15,17H,5,7-8H2,1-3H3,(H2,14,16)/t10-/m0/s1. The van der Waals surface area contributed by atoms with Gasteiger partial charge in [0.15, 0.2) is 0 Å². The van der Waals surface area contributed by atoms with Crippen molar-refractivity contribution in [3.05, 3.63) is 24.2 Å². The molecule has 0 radical (unpaired) electrons. The number of nitrogens with zero attached hydrogens (tertiary/aromatic N) is 1. The van der Waals surface area contributed by atoms with Crippen molar-refractivity contribution in [1.29, 1.82) is 0 Å². The normalized spacial score (nSPS) is 14.7. The first-order valence-corrected chi connectivity index (χ1v) is 6.22. The zero-order valence-electron chi connectivity index (χ0n) is 11.3. The van der Waals surface area contributed by atoms with Gasteiger partial charge in [-0.1, -0.05) is 19.0 Å². The highest BCUT2D eigenvalue weighted by Gasteiger charge is 2.22. The van der Waals surface area contributed by atoms with E-state index in [0.717, 1.165) is 25.1 Å². The van der Waals surface area contributed by atoms with Gasteiger partial charge in [-0.2, -0.15) is 0 Å². The Balaban J connectivity index is 2.27. The molecular weight excluding hydrogens is 230 g/mol. The predicted octanol–water partition coefficient (Wildman–Crippen LogP) is 2.48. The summed E-state index contributed by atoms with van der Waals surface area (Å²) in [4.78, 5) is 0. The maximum absolute atomic E-state index is 8.68. The average Bonchev–Trinajstić information content (AvgIpc) is 2.87. The number of oxime groups is 1. The third kappa shape index (κ3) is 4.07. The number of furan rings is 1. The van der Waals surface area contributed by atoms with Crippen LogP contribution in [0.4, 0.5) is 0 Å². The maximum atomic E-state index is 8.68. The van der Waals surface area contributed by atoms with E-state index in [1.807, 2.05) is 26.0 Å². The van der Waals surface area contributed by atoms with Gasteiger partial charge < -0.3 is 20.7 Å². The number of hydrogen-bond donors (Lipinski definition) is 3. The molecule has 1 rings (SSSR count). The van der Waals surface area contributed by atoms with Crippen molar-refractivity contribution in [2.45, 2.75) is 39.7 Å². The lowest BCUT2D eigenvalue weighted by Gasteiger charge is -2.23. The SMILES string of the molecule is C[C@H](NCCCC(C)(C)/C(N)=N/O)c1ccco1. The van der Waals surface area contributed by atoms with Crippen LogP contribution in [0.5, 0.6) is 0 Å². The summed E-state index contributed by atoms with van der Waals surface area (Å²) in [5.74, 6) is 1.22. The van der Waals surface area contributed by atoms with Crippen LogP contribution in [0.15, 0.2) is 28.0 Å². The van der Waals surface area contributed by atoms with E-state index in [4.69, 9.17) is 15.4 Å². The Morgan fingerprint density at radius 2 is 2.33 bits per heavy atom. The molecule has 0 aliphatic rings. The van der Waals surface area contributed by atoms with Gasteiger partial charge in [-0.15, -0.1) is 0 Å². The fourth-order valence-corrected chi connectivity index (χ4v) is 1.75. The quantitative estimate of drug-likeness (QED) is 0.229. The molecule has 1 atom stereocenters. The Morgan fingerprint density at radius 1 is 1.61 bits per heavy atom. The number of rotatable bonds is 7. The first-order chi connectivity index (χ1) is 8.47. The van der Waals surface area contributed by atoms with Gasteiger partial charge >= 0.3 is 0 Å². The fraction of sp³-hybridized carbons (Fsp3) is 0.615. The molecule has 1 aromatic heterocycles. The van der Waals surface area contributed by atoms with Crippen LogP contribution in [0.3, 0.4) is 0 Å². The molecule has 0 fully saturated rings. The summed E-state index contributed by atoms with van der Waals surface area (Å²) >= 11 is 0. The molecule has 0 aliphatic heterocycles. The first kappa shape index (κ1) is 14.6. The molecule has 1 aromatic rings. The third-order valence-electron chi connectivity index (χ3n) is 3.20. The summed E-state index contributed by atoms with van der Waals surface area (Å²) in [6, 6.07) is 4.04. The van der Waals surface area contributed by atoms with Crippen LogP contribution in [0, 0.1) is 5.41 Å². The fourth-order valence-electron chi connectivity index (χ4n) is 1.75. The van der Waals surface area contributed by atoms with E-state index >= 15 is 0 Å². The van der Waals surface area contributed by atoms with Gasteiger partial charge in [-0.3, -0.25) is 0 Å². The molecule has 102 valence electrons. The summed E-state index contributed by atoms with van der Waals surface area (Å²) in [5.41, 5.74) is 5.36. The van der Waals surface area contributed by atoms with Gasteiger partial charge in [0.05, 0.1) is 12.3 Å². The van der Waals surface area contributed by atoms with Crippen LogP contribution in [-0.4, -0.2) is 17.6 Å². The highest BCUT2D eigenvalue weighted by molar-refractivity contribution is 5.85. The molecule has 1 heterocycles. The third-order valence-corrected chi connectivity index (χ3v) is 3.20. The van der Waals surface area contributed by atoms with Gasteiger partial charge in [-0.05, 0) is 38.4 Å². The van der Waals surface area contributed by atoms with E-state index in [2.05, 4.69) is 17.4 Å². The highest BCUT2D eigenvalue weighted by atomic mass is 16.4. The summed E-state index contributed by atoms with van der Waals surface area (Å²) < 4.78 is 5.31. The van der Waals surface area contributed by atoms with Crippen molar-refractivity contribution in [3.63, 3.8) is 0 Å². The van der Waals surface area contributed by atoms with Gasteiger partial charge in [0.1, 0.15) is 11.6 Å². The molecule has 4 N–H and O–H groups in total. The van der Waals surface area contributed by atoms with Crippen molar-refractivity contribution in [1.82, 2.24) is 5.32 Å². The summed E-state index contributed by atoms with van der Waals surface area (Å²) in [6.07, 6.45) is 3.49. The predicted molar refractivity (Wildman–Crippen MR) is 71.5 cm³/mol. The lowest BCUT2D eigenvalue weighted by Crippen LogP contribution is -2.32. The summed E-state index contributed by atoms with van der Waals surface area (Å²) in [6.45, 7) is 6.87. The Kier molecular flexibility index (Phi) is 5.22. The zero-order chi connectivity index (χ0) is 13.6. The van der Waals surface area contributed by atoms with Crippen LogP contribution < -0.4 is 11.1 Å². The minimum absolute atomic E-state index is 0.201. The Hall–Kier alpha value is -1.49. The van der Waals surface area contributed by atoms with E-state index in [1.165, 1.54) is 0 Å². The largest absolute Gasteiger partial charge is 0.468 e. The lowest BCUT2D eigenvalue weighted by molar-refractivity contribution is 0.304. The minimum Gasteiger partial charge on any atom is -0.468 e. The molecule has 0 spiro atoms. The van der Waals surface area contributed by atoms with Gasteiger partial charge in [0.2, 0.25) is 0 Å². The Bertz CT molecular complexity index is 372. The monoisotopic (exact) mass is 253 g/mol. The summed E-state index contributed by atoms with van der Waals surface area (Å²) in [5, 5.41) is 15.1. The van der Waals surface area contributed by atoms with Gasteiger partial charge in [0.25, 0.3) is 0 Å². The minimum atomic E-state index is -0.273. The number of nitrogens with two attached hydrogens (primary N) is 1. The molecule has 0 aliphatic carbocycles. The Morgan fingerprint density at radius 3 is 2.89 bits per heavy atom. The second kappa shape index (κ2) is 6.44. The van der Waals surface area contributed by atoms with Crippen molar-refractivity contribution in [2.24, 2.45) is 16.3 Å². The first-order valence-electron chi connectivity index (χ1n) is 6.22. The number of amidine groups is 1. The topological polar surface area (TPSA) is 83.8 Å². The van der Waals surface area contributed by atoms with Crippen LogP contribution in [0.2, 0.25) is 0 Å². The molecule has 18 heavy (non-hydrogen) atoms. The molecule has 0 aromatic carbocycles. The van der Waals surface area contributed by atoms with Crippen molar-refractivity contribution >= 4 is 5.84 Å². The van der Waals surface area contributed by atoms with E-state index in [0.29, 0.717) is 0 Å². The van der Waals surface area contributed by atoms with Gasteiger partial charge in [-0.25, -0.2) is 0 Å². The van der Waals surface area contributed by atoms with E-state index in [-0.39, 0.29) is 17.3 Å². The second-order valence-electron chi connectivity index (χ2n) is 5.16. The number of hydrogen-bond acceptors (Lipinski definition) is 4. The van der Waals surface area contributed by atoms with E-state index in [1.54, 1.807) is 6.26 Å². The highest BCUT2D eigenvalue weighted by Crippen LogP contribution is 2.22. The van der Waals surface area contributed by atoms with Crippen LogP contribution in [-0.2, 0) is 0 Å². The molecule has 5 heteroatoms. The average molecular weight is 253 g/mol. The molecular formula is C13H23N3O2. The second-order valence-corrected chi connectivity index (χ2v) is 5.16. The molecule has 0 saturated carbocycles. The molecule has 0 bridgehead atoms. The zero-order valence-corrected chi connectivity index (χ0v) is 11.3. The maximum Gasteiger partial charge on any atom is 0.144 e. The van der Waals surface area contributed by atoms with E-state index < -0.39 is 0 Å². The smallest absolute Gasteiger partial charge is 0.144 e. The molecule has 0 saturated heterocycles. The van der Waals surface area contributed by atoms with Crippen LogP contribution >= 0.6 is 0 Å².